The number of carboxylic acids is 2. The van der Waals surface area contributed by atoms with Crippen LogP contribution in [-0.4, -0.2) is 40.5 Å². The zero-order chi connectivity index (χ0) is 14.6. The van der Waals surface area contributed by atoms with Gasteiger partial charge in [-0.15, -0.1) is 0 Å². The number of carbonyl (C=O) groups excluding carboxylic acids is 1. The van der Waals surface area contributed by atoms with Crippen LogP contribution in [0.3, 0.4) is 0 Å². The van der Waals surface area contributed by atoms with Crippen molar-refractivity contribution in [3.8, 4) is 0 Å². The number of carbonyl (C=O) groups is 3. The van der Waals surface area contributed by atoms with E-state index in [0.717, 1.165) is 0 Å². The Morgan fingerprint density at radius 1 is 1.21 bits per heavy atom. The Morgan fingerprint density at radius 3 is 2.11 bits per heavy atom. The molecule has 1 aliphatic rings. The standard InChI is InChI=1S/C12H20N2O5/c13-6-7-1-3-12(4-2-7,11(18)19)10(17)8(14)5-9(15)16/h7-8H,1-6,13-14H2,(H,15,16)(H,18,19)/t7?,8-,12?/m0/s1. The highest BCUT2D eigenvalue weighted by Gasteiger charge is 2.49. The summed E-state index contributed by atoms with van der Waals surface area (Å²) < 4.78 is 0. The fourth-order valence-electron chi connectivity index (χ4n) is 2.61. The second-order valence-electron chi connectivity index (χ2n) is 5.13. The van der Waals surface area contributed by atoms with Gasteiger partial charge in [0.2, 0.25) is 0 Å². The van der Waals surface area contributed by atoms with Crippen molar-refractivity contribution in [1.82, 2.24) is 0 Å². The maximum Gasteiger partial charge on any atom is 0.317 e. The summed E-state index contributed by atoms with van der Waals surface area (Å²) in [4.78, 5) is 34.2. The number of Topliss-reactive ketones (excluding diaryl/α,β-unsaturated/α-hetero) is 1. The van der Waals surface area contributed by atoms with E-state index in [2.05, 4.69) is 0 Å². The third-order valence-electron chi connectivity index (χ3n) is 3.90. The number of ketones is 1. The van der Waals surface area contributed by atoms with Crippen LogP contribution < -0.4 is 11.5 Å². The number of hydrogen-bond acceptors (Lipinski definition) is 5. The molecule has 0 saturated heterocycles. The van der Waals surface area contributed by atoms with Gasteiger partial charge in [0.05, 0.1) is 12.5 Å². The Bertz CT molecular complexity index is 374. The van der Waals surface area contributed by atoms with Crippen LogP contribution in [-0.2, 0) is 14.4 Å². The molecule has 0 aromatic carbocycles. The minimum atomic E-state index is -1.54. The largest absolute Gasteiger partial charge is 0.481 e. The number of nitrogens with two attached hydrogens (primary N) is 2. The summed E-state index contributed by atoms with van der Waals surface area (Å²) in [6, 6.07) is -1.27. The quantitative estimate of drug-likeness (QED) is 0.480. The molecule has 0 aliphatic heterocycles. The Labute approximate surface area is 111 Å². The van der Waals surface area contributed by atoms with Gasteiger partial charge in [-0.05, 0) is 38.1 Å². The van der Waals surface area contributed by atoms with Gasteiger partial charge in [0, 0.05) is 0 Å². The zero-order valence-electron chi connectivity index (χ0n) is 10.7. The van der Waals surface area contributed by atoms with Gasteiger partial charge in [-0.3, -0.25) is 14.4 Å². The van der Waals surface area contributed by atoms with E-state index in [0.29, 0.717) is 19.4 Å². The lowest BCUT2D eigenvalue weighted by Crippen LogP contribution is -2.51. The van der Waals surface area contributed by atoms with E-state index in [1.807, 2.05) is 0 Å². The van der Waals surface area contributed by atoms with E-state index < -0.39 is 35.6 Å². The molecule has 0 amide bonds. The van der Waals surface area contributed by atoms with Crippen molar-refractivity contribution >= 4 is 17.7 Å². The lowest BCUT2D eigenvalue weighted by Gasteiger charge is -2.36. The van der Waals surface area contributed by atoms with Crippen LogP contribution in [0, 0.1) is 11.3 Å². The molecule has 108 valence electrons. The van der Waals surface area contributed by atoms with Crippen molar-refractivity contribution < 1.29 is 24.6 Å². The highest BCUT2D eigenvalue weighted by atomic mass is 16.4. The molecule has 19 heavy (non-hydrogen) atoms. The van der Waals surface area contributed by atoms with Crippen LogP contribution in [0.5, 0.6) is 0 Å². The molecule has 1 atom stereocenters. The van der Waals surface area contributed by atoms with Crippen molar-refractivity contribution in [2.75, 3.05) is 6.54 Å². The Hall–Kier alpha value is -1.47. The second kappa shape index (κ2) is 6.12. The zero-order valence-corrected chi connectivity index (χ0v) is 10.7. The Kier molecular flexibility index (Phi) is 5.02. The van der Waals surface area contributed by atoms with Gasteiger partial charge >= 0.3 is 11.9 Å². The highest BCUT2D eigenvalue weighted by Crippen LogP contribution is 2.40. The van der Waals surface area contributed by atoms with Crippen molar-refractivity contribution in [3.63, 3.8) is 0 Å². The van der Waals surface area contributed by atoms with E-state index in [-0.39, 0.29) is 18.8 Å². The van der Waals surface area contributed by atoms with Gasteiger partial charge in [0.15, 0.2) is 5.78 Å². The van der Waals surface area contributed by atoms with Crippen molar-refractivity contribution in [3.05, 3.63) is 0 Å². The third-order valence-corrected chi connectivity index (χ3v) is 3.90. The predicted molar refractivity (Wildman–Crippen MR) is 66.3 cm³/mol. The predicted octanol–water partition coefficient (Wildman–Crippen LogP) is -0.423. The molecule has 1 saturated carbocycles. The van der Waals surface area contributed by atoms with Crippen molar-refractivity contribution in [2.24, 2.45) is 22.8 Å². The number of hydrogen-bond donors (Lipinski definition) is 4. The molecule has 6 N–H and O–H groups in total. The van der Waals surface area contributed by atoms with E-state index in [9.17, 15) is 19.5 Å². The van der Waals surface area contributed by atoms with Crippen LogP contribution >= 0.6 is 0 Å². The van der Waals surface area contributed by atoms with Crippen LogP contribution in [0.1, 0.15) is 32.1 Å². The fraction of sp³-hybridized carbons (Fsp3) is 0.750. The normalized spacial score (nSPS) is 28.6. The maximum atomic E-state index is 12.2. The molecule has 1 fully saturated rings. The van der Waals surface area contributed by atoms with Gasteiger partial charge in [0.25, 0.3) is 0 Å². The average molecular weight is 272 g/mol. The molecule has 0 unspecified atom stereocenters. The Morgan fingerprint density at radius 2 is 1.74 bits per heavy atom. The van der Waals surface area contributed by atoms with Gasteiger partial charge in [-0.2, -0.15) is 0 Å². The highest BCUT2D eigenvalue weighted by molar-refractivity contribution is 6.06. The first-order valence-electron chi connectivity index (χ1n) is 6.28. The first-order valence-corrected chi connectivity index (χ1v) is 6.28. The Balaban J connectivity index is 2.86. The van der Waals surface area contributed by atoms with Gasteiger partial charge in [-0.25, -0.2) is 0 Å². The lowest BCUT2D eigenvalue weighted by molar-refractivity contribution is -0.159. The summed E-state index contributed by atoms with van der Waals surface area (Å²) >= 11 is 0. The summed E-state index contributed by atoms with van der Waals surface area (Å²) in [5.41, 5.74) is 9.51. The second-order valence-corrected chi connectivity index (χ2v) is 5.13. The minimum Gasteiger partial charge on any atom is -0.481 e. The van der Waals surface area contributed by atoms with E-state index >= 15 is 0 Å². The van der Waals surface area contributed by atoms with Crippen LogP contribution in [0.2, 0.25) is 0 Å². The number of rotatable bonds is 6. The summed E-state index contributed by atoms with van der Waals surface area (Å²) in [5, 5.41) is 18.0. The SMILES string of the molecule is NCC1CCC(C(=O)O)(C(=O)[C@@H](N)CC(=O)O)CC1. The summed E-state index contributed by atoms with van der Waals surface area (Å²) in [6.07, 6.45) is 0.906. The molecule has 0 aromatic rings. The maximum absolute atomic E-state index is 12.2. The molecule has 0 spiro atoms. The van der Waals surface area contributed by atoms with Crippen molar-refractivity contribution in [2.45, 2.75) is 38.1 Å². The summed E-state index contributed by atoms with van der Waals surface area (Å²) in [7, 11) is 0. The molecule has 0 aromatic heterocycles. The van der Waals surface area contributed by atoms with Gasteiger partial charge in [-0.1, -0.05) is 0 Å². The van der Waals surface area contributed by atoms with E-state index in [1.54, 1.807) is 0 Å². The van der Waals surface area contributed by atoms with E-state index in [4.69, 9.17) is 16.6 Å². The topological polar surface area (TPSA) is 144 Å². The number of carboxylic acid groups (broad SMARTS) is 2. The third kappa shape index (κ3) is 3.30. The van der Waals surface area contributed by atoms with Gasteiger partial charge in [0.1, 0.15) is 5.41 Å². The minimum absolute atomic E-state index is 0.177. The van der Waals surface area contributed by atoms with E-state index in [1.165, 1.54) is 0 Å². The van der Waals surface area contributed by atoms with Crippen LogP contribution in [0.25, 0.3) is 0 Å². The molecule has 7 heteroatoms. The molecule has 7 nitrogen and oxygen atoms in total. The molecular weight excluding hydrogens is 252 g/mol. The molecule has 0 radical (unpaired) electrons. The monoisotopic (exact) mass is 272 g/mol. The first kappa shape index (κ1) is 15.6. The average Bonchev–Trinajstić information content (AvgIpc) is 2.36. The van der Waals surface area contributed by atoms with Gasteiger partial charge < -0.3 is 21.7 Å². The first-order chi connectivity index (χ1) is 8.83. The molecule has 1 rings (SSSR count). The van der Waals surface area contributed by atoms with Crippen LogP contribution in [0.15, 0.2) is 0 Å². The molecular formula is C12H20N2O5. The fourth-order valence-corrected chi connectivity index (χ4v) is 2.61. The van der Waals surface area contributed by atoms with Crippen molar-refractivity contribution in [1.29, 1.82) is 0 Å². The molecule has 1 aliphatic carbocycles. The summed E-state index contributed by atoms with van der Waals surface area (Å²) in [5.74, 6) is -2.89. The lowest BCUT2D eigenvalue weighted by atomic mass is 9.66. The van der Waals surface area contributed by atoms with Crippen LogP contribution in [0.4, 0.5) is 0 Å². The summed E-state index contributed by atoms with van der Waals surface area (Å²) in [6.45, 7) is 0.463. The number of aliphatic carboxylic acids is 2. The molecule has 0 bridgehead atoms. The molecule has 0 heterocycles. The smallest absolute Gasteiger partial charge is 0.317 e.